The molecule has 2 aromatic rings. The lowest BCUT2D eigenvalue weighted by Crippen LogP contribution is -2.22. The van der Waals surface area contributed by atoms with Crippen molar-refractivity contribution in [2.75, 3.05) is 11.9 Å². The van der Waals surface area contributed by atoms with Gasteiger partial charge in [-0.3, -0.25) is 5.41 Å². The first-order valence-corrected chi connectivity index (χ1v) is 7.69. The summed E-state index contributed by atoms with van der Waals surface area (Å²) in [5, 5.41) is 8.22. The fourth-order valence-corrected chi connectivity index (χ4v) is 3.02. The van der Waals surface area contributed by atoms with Crippen molar-refractivity contribution in [3.63, 3.8) is 0 Å². The average molecular weight is 367 g/mol. The van der Waals surface area contributed by atoms with E-state index in [2.05, 4.69) is 33.8 Å². The minimum Gasteiger partial charge on any atom is -0.384 e. The normalized spacial score (nSPS) is 12.0. The summed E-state index contributed by atoms with van der Waals surface area (Å²) in [4.78, 5) is 2.15. The molecule has 0 aliphatic rings. The summed E-state index contributed by atoms with van der Waals surface area (Å²) in [6, 6.07) is 13.7. The zero-order valence-corrected chi connectivity index (χ0v) is 14.2. The molecule has 0 aliphatic carbocycles. The van der Waals surface area contributed by atoms with E-state index in [1.54, 1.807) is 0 Å². The Morgan fingerprint density at radius 3 is 2.57 bits per heavy atom. The van der Waals surface area contributed by atoms with Crippen molar-refractivity contribution in [1.82, 2.24) is 0 Å². The summed E-state index contributed by atoms with van der Waals surface area (Å²) < 4.78 is 0.909. The van der Waals surface area contributed by atoms with E-state index in [1.165, 1.54) is 0 Å². The lowest BCUT2D eigenvalue weighted by atomic mass is 10.1. The topological polar surface area (TPSA) is 53.1 Å². The number of halogens is 2. The first kappa shape index (κ1) is 15.9. The van der Waals surface area contributed by atoms with E-state index in [-0.39, 0.29) is 11.9 Å². The van der Waals surface area contributed by atoms with Crippen LogP contribution in [0.5, 0.6) is 0 Å². The highest BCUT2D eigenvalue weighted by atomic mass is 79.9. The van der Waals surface area contributed by atoms with Crippen LogP contribution in [0, 0.1) is 5.41 Å². The third-order valence-electron chi connectivity index (χ3n) is 3.55. The summed E-state index contributed by atoms with van der Waals surface area (Å²) in [7, 11) is 2.03. The first-order valence-electron chi connectivity index (χ1n) is 6.52. The Labute approximate surface area is 138 Å². The van der Waals surface area contributed by atoms with E-state index in [0.29, 0.717) is 5.56 Å². The molecule has 3 N–H and O–H groups in total. The van der Waals surface area contributed by atoms with Crippen LogP contribution >= 0.6 is 27.5 Å². The van der Waals surface area contributed by atoms with Gasteiger partial charge in [0.15, 0.2) is 0 Å². The molecule has 3 nitrogen and oxygen atoms in total. The van der Waals surface area contributed by atoms with E-state index in [9.17, 15) is 0 Å². The van der Waals surface area contributed by atoms with Gasteiger partial charge in [-0.15, -0.1) is 0 Å². The van der Waals surface area contributed by atoms with Gasteiger partial charge in [0.2, 0.25) is 0 Å². The minimum atomic E-state index is 0.0628. The number of nitrogens with one attached hydrogen (secondary N) is 1. The van der Waals surface area contributed by atoms with Crippen LogP contribution < -0.4 is 10.6 Å². The Morgan fingerprint density at radius 2 is 2.00 bits per heavy atom. The van der Waals surface area contributed by atoms with E-state index < -0.39 is 0 Å². The Bertz CT molecular complexity index is 672. The summed E-state index contributed by atoms with van der Waals surface area (Å²) in [5.74, 6) is 0.0628. The fourth-order valence-electron chi connectivity index (χ4n) is 2.16. The molecule has 0 aliphatic heterocycles. The standard InChI is InChI=1S/C16H17BrClN3/c1-10(11-4-3-5-13(18)8-11)21(2)15-7-6-12(16(19)20)9-14(15)17/h3-10H,1-2H3,(H3,19,20). The lowest BCUT2D eigenvalue weighted by Gasteiger charge is -2.28. The molecule has 0 heterocycles. The monoisotopic (exact) mass is 365 g/mol. The Balaban J connectivity index is 2.31. The predicted molar refractivity (Wildman–Crippen MR) is 93.4 cm³/mol. The van der Waals surface area contributed by atoms with E-state index in [1.807, 2.05) is 43.4 Å². The first-order chi connectivity index (χ1) is 9.90. The van der Waals surface area contributed by atoms with Crippen molar-refractivity contribution < 1.29 is 0 Å². The SMILES string of the molecule is CC(c1cccc(Cl)c1)N(C)c1ccc(C(=N)N)cc1Br. The molecular weight excluding hydrogens is 350 g/mol. The quantitative estimate of drug-likeness (QED) is 0.614. The van der Waals surface area contributed by atoms with Gasteiger partial charge in [-0.2, -0.15) is 0 Å². The smallest absolute Gasteiger partial charge is 0.122 e. The van der Waals surface area contributed by atoms with E-state index in [4.69, 9.17) is 22.7 Å². The third-order valence-corrected chi connectivity index (χ3v) is 4.42. The van der Waals surface area contributed by atoms with Crippen molar-refractivity contribution in [2.24, 2.45) is 5.73 Å². The summed E-state index contributed by atoms with van der Waals surface area (Å²) >= 11 is 9.61. The van der Waals surface area contributed by atoms with Crippen LogP contribution in [0.15, 0.2) is 46.9 Å². The maximum absolute atomic E-state index is 7.48. The highest BCUT2D eigenvalue weighted by Crippen LogP contribution is 2.32. The number of hydrogen-bond donors (Lipinski definition) is 2. The molecule has 0 bridgehead atoms. The van der Waals surface area contributed by atoms with Gasteiger partial charge in [-0.25, -0.2) is 0 Å². The number of benzene rings is 2. The third kappa shape index (κ3) is 3.57. The van der Waals surface area contributed by atoms with Gasteiger partial charge < -0.3 is 10.6 Å². The second-order valence-corrected chi connectivity index (χ2v) is 6.21. The average Bonchev–Trinajstić information content (AvgIpc) is 2.45. The number of amidine groups is 1. The number of nitrogens with zero attached hydrogens (tertiary/aromatic N) is 1. The molecule has 5 heteroatoms. The Morgan fingerprint density at radius 1 is 1.29 bits per heavy atom. The highest BCUT2D eigenvalue weighted by molar-refractivity contribution is 9.10. The molecule has 0 aromatic heterocycles. The molecule has 0 spiro atoms. The Hall–Kier alpha value is -1.52. The van der Waals surface area contributed by atoms with Gasteiger partial charge in [0.25, 0.3) is 0 Å². The molecule has 2 rings (SSSR count). The van der Waals surface area contributed by atoms with Gasteiger partial charge in [-0.1, -0.05) is 23.7 Å². The number of rotatable bonds is 4. The van der Waals surface area contributed by atoms with Crippen molar-refractivity contribution in [2.45, 2.75) is 13.0 Å². The number of hydrogen-bond acceptors (Lipinski definition) is 2. The largest absolute Gasteiger partial charge is 0.384 e. The van der Waals surface area contributed by atoms with Crippen LogP contribution in [-0.4, -0.2) is 12.9 Å². The second-order valence-electron chi connectivity index (χ2n) is 4.92. The van der Waals surface area contributed by atoms with Gasteiger partial charge in [0.05, 0.1) is 11.7 Å². The number of nitrogens with two attached hydrogens (primary N) is 1. The minimum absolute atomic E-state index is 0.0628. The van der Waals surface area contributed by atoms with E-state index in [0.717, 1.165) is 20.7 Å². The van der Waals surface area contributed by atoms with Crippen LogP contribution in [0.3, 0.4) is 0 Å². The van der Waals surface area contributed by atoms with Crippen LogP contribution in [0.25, 0.3) is 0 Å². The second kappa shape index (κ2) is 6.50. The summed E-state index contributed by atoms with van der Waals surface area (Å²) in [6.45, 7) is 2.12. The van der Waals surface area contributed by atoms with Crippen LogP contribution in [-0.2, 0) is 0 Å². The molecule has 0 amide bonds. The molecule has 1 atom stereocenters. The molecule has 110 valence electrons. The molecular formula is C16H17BrClN3. The molecule has 0 saturated carbocycles. The van der Waals surface area contributed by atoms with Crippen molar-refractivity contribution >= 4 is 39.1 Å². The Kier molecular flexibility index (Phi) is 4.91. The van der Waals surface area contributed by atoms with Gasteiger partial charge in [0, 0.05) is 22.1 Å². The summed E-state index contributed by atoms with van der Waals surface area (Å²) in [6.07, 6.45) is 0. The lowest BCUT2D eigenvalue weighted by molar-refractivity contribution is 0.738. The van der Waals surface area contributed by atoms with Crippen molar-refractivity contribution in [1.29, 1.82) is 5.41 Å². The molecule has 0 saturated heterocycles. The number of anilines is 1. The van der Waals surface area contributed by atoms with Gasteiger partial charge in [-0.05, 0) is 58.7 Å². The molecule has 2 aromatic carbocycles. The van der Waals surface area contributed by atoms with E-state index >= 15 is 0 Å². The maximum atomic E-state index is 7.48. The van der Waals surface area contributed by atoms with Gasteiger partial charge in [0.1, 0.15) is 5.84 Å². The van der Waals surface area contributed by atoms with Crippen LogP contribution in [0.1, 0.15) is 24.1 Å². The number of nitrogen functional groups attached to an aromatic ring is 1. The van der Waals surface area contributed by atoms with Crippen molar-refractivity contribution in [3.8, 4) is 0 Å². The predicted octanol–water partition coefficient (Wildman–Crippen LogP) is 4.58. The molecule has 0 radical (unpaired) electrons. The maximum Gasteiger partial charge on any atom is 0.122 e. The zero-order chi connectivity index (χ0) is 15.6. The summed E-state index contributed by atoms with van der Waals surface area (Å²) in [5.41, 5.74) is 8.39. The molecule has 1 unspecified atom stereocenters. The zero-order valence-electron chi connectivity index (χ0n) is 11.9. The molecule has 0 fully saturated rings. The van der Waals surface area contributed by atoms with Crippen molar-refractivity contribution in [3.05, 3.63) is 63.1 Å². The fraction of sp³-hybridized carbons (Fsp3) is 0.188. The van der Waals surface area contributed by atoms with Crippen LogP contribution in [0.2, 0.25) is 5.02 Å². The van der Waals surface area contributed by atoms with Crippen LogP contribution in [0.4, 0.5) is 5.69 Å². The molecule has 21 heavy (non-hydrogen) atoms. The highest BCUT2D eigenvalue weighted by Gasteiger charge is 2.15. The van der Waals surface area contributed by atoms with Gasteiger partial charge >= 0.3 is 0 Å².